The van der Waals surface area contributed by atoms with Crippen molar-refractivity contribution < 1.29 is 32.2 Å². The highest BCUT2D eigenvalue weighted by Gasteiger charge is 2.27. The molecule has 1 amide bonds. The first-order chi connectivity index (χ1) is 12.6. The lowest BCUT2D eigenvalue weighted by Gasteiger charge is -2.19. The number of carbonyl (C=O) groups excluding carboxylic acids is 2. The Kier molecular flexibility index (Phi) is 6.08. The van der Waals surface area contributed by atoms with Gasteiger partial charge in [0.05, 0.1) is 27.0 Å². The van der Waals surface area contributed by atoms with Crippen LogP contribution in [-0.2, 0) is 10.0 Å². The van der Waals surface area contributed by atoms with Crippen LogP contribution >= 0.6 is 11.3 Å². The molecule has 0 saturated heterocycles. The SMILES string of the molecule is COc1cc(C(C)=O)c(NC(=O)c2sccc2S(N)(=O)=O)c(OC)c1OC. The van der Waals surface area contributed by atoms with E-state index >= 15 is 0 Å². The van der Waals surface area contributed by atoms with Gasteiger partial charge in [-0.1, -0.05) is 0 Å². The van der Waals surface area contributed by atoms with Gasteiger partial charge in [-0.3, -0.25) is 9.59 Å². The van der Waals surface area contributed by atoms with Crippen LogP contribution in [0.3, 0.4) is 0 Å². The molecule has 0 unspecified atom stereocenters. The number of sulfonamides is 1. The van der Waals surface area contributed by atoms with Crippen LogP contribution in [0.2, 0.25) is 0 Å². The number of methoxy groups -OCH3 is 3. The third-order valence-corrected chi connectivity index (χ3v) is 5.59. The predicted molar refractivity (Wildman–Crippen MR) is 99.7 cm³/mol. The molecule has 0 aliphatic heterocycles. The molecule has 27 heavy (non-hydrogen) atoms. The molecule has 0 bridgehead atoms. The van der Waals surface area contributed by atoms with Crippen molar-refractivity contribution in [2.75, 3.05) is 26.6 Å². The molecule has 9 nitrogen and oxygen atoms in total. The standard InChI is InChI=1S/C16H18N2O7S2/c1-8(19)9-7-10(23-2)13(24-3)14(25-4)12(9)18-16(20)15-11(5-6-26-15)27(17,21)22/h5-7H,1-4H3,(H,18,20)(H2,17,21,22). The molecular formula is C16H18N2O7S2. The van der Waals surface area contributed by atoms with Crippen molar-refractivity contribution in [3.05, 3.63) is 28.0 Å². The van der Waals surface area contributed by atoms with Crippen molar-refractivity contribution in [2.45, 2.75) is 11.8 Å². The maximum Gasteiger partial charge on any atom is 0.267 e. The molecule has 2 aromatic rings. The van der Waals surface area contributed by atoms with Crippen LogP contribution in [-0.4, -0.2) is 41.4 Å². The lowest BCUT2D eigenvalue weighted by atomic mass is 10.1. The zero-order valence-electron chi connectivity index (χ0n) is 15.0. The number of nitrogens with one attached hydrogen (secondary N) is 1. The fourth-order valence-corrected chi connectivity index (χ4v) is 4.29. The molecular weight excluding hydrogens is 396 g/mol. The zero-order valence-corrected chi connectivity index (χ0v) is 16.6. The van der Waals surface area contributed by atoms with Crippen molar-refractivity contribution in [1.29, 1.82) is 0 Å². The van der Waals surface area contributed by atoms with Crippen LogP contribution in [0.4, 0.5) is 5.69 Å². The molecule has 0 aliphatic rings. The van der Waals surface area contributed by atoms with Crippen LogP contribution in [0.25, 0.3) is 0 Å². The van der Waals surface area contributed by atoms with Crippen LogP contribution in [0.15, 0.2) is 22.4 Å². The van der Waals surface area contributed by atoms with Gasteiger partial charge in [0.25, 0.3) is 5.91 Å². The van der Waals surface area contributed by atoms with Crippen molar-refractivity contribution in [1.82, 2.24) is 0 Å². The minimum Gasteiger partial charge on any atom is -0.493 e. The Morgan fingerprint density at radius 2 is 1.74 bits per heavy atom. The number of carbonyl (C=O) groups is 2. The van der Waals surface area contributed by atoms with Crippen molar-refractivity contribution in [2.24, 2.45) is 5.14 Å². The van der Waals surface area contributed by atoms with E-state index in [2.05, 4.69) is 5.32 Å². The highest BCUT2D eigenvalue weighted by molar-refractivity contribution is 7.89. The van der Waals surface area contributed by atoms with E-state index in [0.29, 0.717) is 0 Å². The molecule has 11 heteroatoms. The number of hydrogen-bond donors (Lipinski definition) is 2. The average molecular weight is 414 g/mol. The van der Waals surface area contributed by atoms with E-state index in [1.165, 1.54) is 45.8 Å². The van der Waals surface area contributed by atoms with E-state index in [-0.39, 0.29) is 44.1 Å². The van der Waals surface area contributed by atoms with Gasteiger partial charge in [-0.05, 0) is 24.4 Å². The van der Waals surface area contributed by atoms with Gasteiger partial charge in [-0.15, -0.1) is 11.3 Å². The Balaban J connectivity index is 2.63. The number of benzene rings is 1. The Hall–Kier alpha value is -2.63. The van der Waals surface area contributed by atoms with Gasteiger partial charge in [-0.25, -0.2) is 13.6 Å². The largest absolute Gasteiger partial charge is 0.493 e. The molecule has 2 rings (SSSR count). The molecule has 0 aliphatic carbocycles. The summed E-state index contributed by atoms with van der Waals surface area (Å²) in [6.45, 7) is 1.30. The highest BCUT2D eigenvalue weighted by atomic mass is 32.2. The number of rotatable bonds is 7. The van der Waals surface area contributed by atoms with E-state index in [9.17, 15) is 18.0 Å². The first-order valence-electron chi connectivity index (χ1n) is 7.41. The second-order valence-corrected chi connectivity index (χ2v) is 7.68. The highest BCUT2D eigenvalue weighted by Crippen LogP contribution is 2.45. The van der Waals surface area contributed by atoms with Gasteiger partial charge in [-0.2, -0.15) is 0 Å². The summed E-state index contributed by atoms with van der Waals surface area (Å²) in [6.07, 6.45) is 0. The summed E-state index contributed by atoms with van der Waals surface area (Å²) in [6, 6.07) is 2.63. The van der Waals surface area contributed by atoms with Crippen molar-refractivity contribution in [3.8, 4) is 17.2 Å². The number of primary sulfonamides is 1. The summed E-state index contributed by atoms with van der Waals surface area (Å²) in [7, 11) is 0.00992. The second kappa shape index (κ2) is 7.94. The molecule has 146 valence electrons. The number of amides is 1. The fraction of sp³-hybridized carbons (Fsp3) is 0.250. The van der Waals surface area contributed by atoms with Gasteiger partial charge in [0.15, 0.2) is 17.3 Å². The summed E-state index contributed by atoms with van der Waals surface area (Å²) in [4.78, 5) is 24.3. The Bertz CT molecular complexity index is 996. The lowest BCUT2D eigenvalue weighted by Crippen LogP contribution is -2.19. The van der Waals surface area contributed by atoms with Crippen LogP contribution in [0.5, 0.6) is 17.2 Å². The molecule has 0 spiro atoms. The predicted octanol–water partition coefficient (Wildman–Crippen LogP) is 1.88. The van der Waals surface area contributed by atoms with E-state index in [1.54, 1.807) is 0 Å². The normalized spacial score (nSPS) is 11.0. The Morgan fingerprint density at radius 1 is 1.11 bits per heavy atom. The first kappa shape index (κ1) is 20.7. The van der Waals surface area contributed by atoms with Gasteiger partial charge >= 0.3 is 0 Å². The summed E-state index contributed by atoms with van der Waals surface area (Å²) in [5.41, 5.74) is 0.132. The zero-order chi connectivity index (χ0) is 20.4. The van der Waals surface area contributed by atoms with Gasteiger partial charge in [0.2, 0.25) is 15.8 Å². The lowest BCUT2D eigenvalue weighted by molar-refractivity contribution is 0.101. The second-order valence-electron chi connectivity index (χ2n) is 5.24. The molecule has 3 N–H and O–H groups in total. The Labute approximate surface area is 160 Å². The van der Waals surface area contributed by atoms with Crippen molar-refractivity contribution >= 4 is 38.7 Å². The van der Waals surface area contributed by atoms with Crippen molar-refractivity contribution in [3.63, 3.8) is 0 Å². The van der Waals surface area contributed by atoms with Gasteiger partial charge < -0.3 is 19.5 Å². The molecule has 0 fully saturated rings. The number of ether oxygens (including phenoxy) is 3. The summed E-state index contributed by atoms with van der Waals surface area (Å²) < 4.78 is 39.1. The number of ketones is 1. The molecule has 0 saturated carbocycles. The first-order valence-corrected chi connectivity index (χ1v) is 9.83. The van der Waals surface area contributed by atoms with E-state index < -0.39 is 15.9 Å². The quantitative estimate of drug-likeness (QED) is 0.661. The maximum absolute atomic E-state index is 12.7. The molecule has 1 aromatic heterocycles. The minimum absolute atomic E-state index is 0.0291. The molecule has 0 radical (unpaired) electrons. The number of nitrogens with two attached hydrogens (primary N) is 1. The van der Waals surface area contributed by atoms with Crippen LogP contribution < -0.4 is 24.7 Å². The van der Waals surface area contributed by atoms with Crippen LogP contribution in [0.1, 0.15) is 27.0 Å². The maximum atomic E-state index is 12.7. The van der Waals surface area contributed by atoms with Gasteiger partial charge in [0, 0.05) is 5.56 Å². The molecule has 0 atom stereocenters. The summed E-state index contributed by atoms with van der Waals surface area (Å²) in [5.74, 6) is -0.675. The fourth-order valence-electron chi connectivity index (χ4n) is 2.42. The third kappa shape index (κ3) is 4.04. The monoisotopic (exact) mass is 414 g/mol. The topological polar surface area (TPSA) is 134 Å². The molecule has 1 heterocycles. The summed E-state index contributed by atoms with van der Waals surface area (Å²) in [5, 5.41) is 9.08. The minimum atomic E-state index is -4.09. The number of anilines is 1. The van der Waals surface area contributed by atoms with E-state index in [4.69, 9.17) is 19.3 Å². The van der Waals surface area contributed by atoms with Crippen LogP contribution in [0, 0.1) is 0 Å². The Morgan fingerprint density at radius 3 is 2.22 bits per heavy atom. The smallest absolute Gasteiger partial charge is 0.267 e. The van der Waals surface area contributed by atoms with E-state index in [0.717, 1.165) is 11.3 Å². The third-order valence-electron chi connectivity index (χ3n) is 3.59. The molecule has 1 aromatic carbocycles. The number of thiophene rings is 1. The average Bonchev–Trinajstić information content (AvgIpc) is 3.10. The van der Waals surface area contributed by atoms with Gasteiger partial charge in [0.1, 0.15) is 9.77 Å². The summed E-state index contributed by atoms with van der Waals surface area (Å²) >= 11 is 0.896. The van der Waals surface area contributed by atoms with E-state index in [1.807, 2.05) is 0 Å². The number of hydrogen-bond acceptors (Lipinski definition) is 8. The number of Topliss-reactive ketones (excluding diaryl/α,β-unsaturated/α-hetero) is 1.